The van der Waals surface area contributed by atoms with Crippen molar-refractivity contribution in [3.8, 4) is 0 Å². The quantitative estimate of drug-likeness (QED) is 0.478. The van der Waals surface area contributed by atoms with Gasteiger partial charge in [-0.15, -0.1) is 0 Å². The molecular formula is C20H21NO4. The molecule has 2 N–H and O–H groups in total. The van der Waals surface area contributed by atoms with E-state index in [0.29, 0.717) is 16.8 Å². The van der Waals surface area contributed by atoms with Crippen molar-refractivity contribution in [2.45, 2.75) is 26.3 Å². The van der Waals surface area contributed by atoms with Crippen LogP contribution in [-0.4, -0.2) is 27.6 Å². The summed E-state index contributed by atoms with van der Waals surface area (Å²) in [5, 5.41) is 19.6. The largest absolute Gasteiger partial charge is 0.507 e. The van der Waals surface area contributed by atoms with Crippen molar-refractivity contribution in [3.63, 3.8) is 0 Å². The number of anilines is 1. The number of benzene rings is 2. The second-order valence-corrected chi connectivity index (χ2v) is 6.60. The third kappa shape index (κ3) is 4.47. The van der Waals surface area contributed by atoms with Gasteiger partial charge in [0.25, 0.3) is 0 Å². The van der Waals surface area contributed by atoms with Crippen LogP contribution >= 0.6 is 0 Å². The number of allylic oxidation sites excluding steroid dienone is 1. The number of carbonyl (C=O) groups excluding carboxylic acids is 1. The van der Waals surface area contributed by atoms with Crippen molar-refractivity contribution >= 4 is 23.3 Å². The number of ketones is 1. The van der Waals surface area contributed by atoms with Crippen molar-refractivity contribution in [2.75, 3.05) is 4.90 Å². The molecule has 0 unspecified atom stereocenters. The molecule has 0 aliphatic carbocycles. The molecule has 5 nitrogen and oxygen atoms in total. The van der Waals surface area contributed by atoms with Crippen LogP contribution in [0.1, 0.15) is 36.7 Å². The van der Waals surface area contributed by atoms with Crippen molar-refractivity contribution in [3.05, 3.63) is 71.8 Å². The van der Waals surface area contributed by atoms with E-state index in [1.54, 1.807) is 69.3 Å². The molecule has 130 valence electrons. The Balaban J connectivity index is 2.26. The second kappa shape index (κ2) is 7.21. The zero-order valence-corrected chi connectivity index (χ0v) is 14.4. The number of carboxylic acid groups (broad SMARTS) is 1. The zero-order chi connectivity index (χ0) is 18.6. The summed E-state index contributed by atoms with van der Waals surface area (Å²) >= 11 is 0. The monoisotopic (exact) mass is 339 g/mol. The minimum absolute atomic E-state index is 0.168. The molecule has 0 saturated carbocycles. The van der Waals surface area contributed by atoms with Gasteiger partial charge in [-0.1, -0.05) is 30.3 Å². The number of aliphatic hydroxyl groups excluding tert-OH is 1. The number of carbonyl (C=O) groups is 2. The van der Waals surface area contributed by atoms with E-state index in [1.165, 1.54) is 4.90 Å². The maximum absolute atomic E-state index is 12.1. The lowest BCUT2D eigenvalue weighted by Crippen LogP contribution is -2.45. The third-order valence-electron chi connectivity index (χ3n) is 3.61. The first-order chi connectivity index (χ1) is 11.7. The molecule has 0 saturated heterocycles. The first kappa shape index (κ1) is 18.3. The van der Waals surface area contributed by atoms with Gasteiger partial charge in [0.2, 0.25) is 0 Å². The topological polar surface area (TPSA) is 77.8 Å². The van der Waals surface area contributed by atoms with Crippen LogP contribution in [-0.2, 0) is 0 Å². The van der Waals surface area contributed by atoms with Gasteiger partial charge in [0.05, 0.1) is 0 Å². The fourth-order valence-corrected chi connectivity index (χ4v) is 2.46. The first-order valence-electron chi connectivity index (χ1n) is 7.84. The minimum Gasteiger partial charge on any atom is -0.507 e. The molecule has 0 fully saturated rings. The highest BCUT2D eigenvalue weighted by Crippen LogP contribution is 2.25. The predicted octanol–water partition coefficient (Wildman–Crippen LogP) is 4.75. The fraction of sp³-hybridized carbons (Fsp3) is 0.200. The maximum atomic E-state index is 12.1. The Labute approximate surface area is 146 Å². The lowest BCUT2D eigenvalue weighted by molar-refractivity contribution is 0.104. The zero-order valence-electron chi connectivity index (χ0n) is 14.4. The Morgan fingerprint density at radius 2 is 1.44 bits per heavy atom. The van der Waals surface area contributed by atoms with Crippen LogP contribution in [0.4, 0.5) is 10.5 Å². The number of hydrogen-bond acceptors (Lipinski definition) is 3. The van der Waals surface area contributed by atoms with E-state index in [1.807, 2.05) is 6.07 Å². The SMILES string of the molecule is CC(C)(C)N(C(=O)O)c1ccc(C(O)=CC(=O)c2ccccc2)cc1. The van der Waals surface area contributed by atoms with Gasteiger partial charge in [0, 0.05) is 28.4 Å². The predicted molar refractivity (Wildman–Crippen MR) is 98.1 cm³/mol. The van der Waals surface area contributed by atoms with Crippen molar-refractivity contribution in [1.82, 2.24) is 0 Å². The smallest absolute Gasteiger partial charge is 0.412 e. The highest BCUT2D eigenvalue weighted by Gasteiger charge is 2.27. The summed E-state index contributed by atoms with van der Waals surface area (Å²) in [4.78, 5) is 24.8. The Hall–Kier alpha value is -3.08. The highest BCUT2D eigenvalue weighted by atomic mass is 16.4. The van der Waals surface area contributed by atoms with E-state index in [4.69, 9.17) is 0 Å². The number of amides is 1. The molecule has 0 radical (unpaired) electrons. The average molecular weight is 339 g/mol. The molecule has 0 spiro atoms. The van der Waals surface area contributed by atoms with Crippen molar-refractivity contribution < 1.29 is 19.8 Å². The molecular weight excluding hydrogens is 318 g/mol. The minimum atomic E-state index is -1.06. The normalized spacial score (nSPS) is 11.9. The summed E-state index contributed by atoms with van der Waals surface area (Å²) in [5.41, 5.74) is 0.808. The summed E-state index contributed by atoms with van der Waals surface area (Å²) in [6, 6.07) is 15.0. The van der Waals surface area contributed by atoms with Gasteiger partial charge in [-0.05, 0) is 45.0 Å². The van der Waals surface area contributed by atoms with Crippen molar-refractivity contribution in [2.24, 2.45) is 0 Å². The van der Waals surface area contributed by atoms with E-state index in [9.17, 15) is 19.8 Å². The van der Waals surface area contributed by atoms with Gasteiger partial charge in [0.15, 0.2) is 5.78 Å². The lowest BCUT2D eigenvalue weighted by Gasteiger charge is -2.33. The van der Waals surface area contributed by atoms with Crippen LogP contribution in [0.3, 0.4) is 0 Å². The van der Waals surface area contributed by atoms with Crippen LogP contribution in [0.25, 0.3) is 5.76 Å². The van der Waals surface area contributed by atoms with Crippen LogP contribution in [0.5, 0.6) is 0 Å². The molecule has 0 aromatic heterocycles. The number of nitrogens with zero attached hydrogens (tertiary/aromatic N) is 1. The van der Waals surface area contributed by atoms with Gasteiger partial charge in [0.1, 0.15) is 5.76 Å². The van der Waals surface area contributed by atoms with Crippen LogP contribution in [0.2, 0.25) is 0 Å². The van der Waals surface area contributed by atoms with E-state index < -0.39 is 11.6 Å². The van der Waals surface area contributed by atoms with Gasteiger partial charge in [-0.3, -0.25) is 9.69 Å². The molecule has 2 aromatic carbocycles. The first-order valence-corrected chi connectivity index (χ1v) is 7.84. The molecule has 0 heterocycles. The lowest BCUT2D eigenvalue weighted by atomic mass is 10.0. The molecule has 1 amide bonds. The average Bonchev–Trinajstić information content (AvgIpc) is 2.54. The summed E-state index contributed by atoms with van der Waals surface area (Å²) in [6.07, 6.45) is 0.0996. The summed E-state index contributed by atoms with van der Waals surface area (Å²) in [7, 11) is 0. The van der Waals surface area contributed by atoms with Gasteiger partial charge < -0.3 is 10.2 Å². The van der Waals surface area contributed by atoms with Crippen LogP contribution < -0.4 is 4.90 Å². The maximum Gasteiger partial charge on any atom is 0.412 e. The highest BCUT2D eigenvalue weighted by molar-refractivity contribution is 6.07. The summed E-state index contributed by atoms with van der Waals surface area (Å²) in [5.74, 6) is -0.470. The Morgan fingerprint density at radius 3 is 1.92 bits per heavy atom. The third-order valence-corrected chi connectivity index (χ3v) is 3.61. The van der Waals surface area contributed by atoms with Gasteiger partial charge in [-0.2, -0.15) is 0 Å². The number of rotatable bonds is 4. The van der Waals surface area contributed by atoms with E-state index >= 15 is 0 Å². The van der Waals surface area contributed by atoms with E-state index in [-0.39, 0.29) is 11.5 Å². The number of aliphatic hydroxyl groups is 1. The molecule has 0 bridgehead atoms. The second-order valence-electron chi connectivity index (χ2n) is 6.60. The summed E-state index contributed by atoms with van der Waals surface area (Å²) in [6.45, 7) is 5.39. The Morgan fingerprint density at radius 1 is 0.880 bits per heavy atom. The standard InChI is InChI=1S/C20H21NO4/c1-20(2,3)21(19(24)25)16-11-9-15(10-12-16)18(23)13-17(22)14-7-5-4-6-8-14/h4-13,23H,1-3H3,(H,24,25). The number of hydrogen-bond donors (Lipinski definition) is 2. The van der Waals surface area contributed by atoms with E-state index in [0.717, 1.165) is 6.08 Å². The molecule has 25 heavy (non-hydrogen) atoms. The Kier molecular flexibility index (Phi) is 5.27. The molecule has 5 heteroatoms. The van der Waals surface area contributed by atoms with Crippen LogP contribution in [0, 0.1) is 0 Å². The van der Waals surface area contributed by atoms with Crippen molar-refractivity contribution in [1.29, 1.82) is 0 Å². The molecule has 2 aromatic rings. The van der Waals surface area contributed by atoms with Crippen LogP contribution in [0.15, 0.2) is 60.7 Å². The molecule has 2 rings (SSSR count). The molecule has 0 aliphatic rings. The van der Waals surface area contributed by atoms with Gasteiger partial charge in [-0.25, -0.2) is 4.79 Å². The van der Waals surface area contributed by atoms with E-state index in [2.05, 4.69) is 0 Å². The molecule has 0 atom stereocenters. The van der Waals surface area contributed by atoms with Gasteiger partial charge >= 0.3 is 6.09 Å². The fourth-order valence-electron chi connectivity index (χ4n) is 2.46. The summed E-state index contributed by atoms with van der Waals surface area (Å²) < 4.78 is 0. The Bertz CT molecular complexity index is 787. The molecule has 0 aliphatic heterocycles.